The molecule has 1 aromatic heterocycles. The van der Waals surface area contributed by atoms with E-state index in [1.165, 1.54) is 6.07 Å². The molecule has 84 valence electrons. The Balaban J connectivity index is 2.98. The van der Waals surface area contributed by atoms with Gasteiger partial charge in [0.2, 0.25) is 0 Å². The van der Waals surface area contributed by atoms with Crippen LogP contribution in [-0.4, -0.2) is 21.6 Å². The Kier molecular flexibility index (Phi) is 3.74. The van der Waals surface area contributed by atoms with E-state index in [2.05, 4.69) is 21.4 Å². The highest BCUT2D eigenvalue weighted by atomic mass is 35.5. The van der Waals surface area contributed by atoms with Crippen molar-refractivity contribution in [2.45, 2.75) is 19.4 Å². The van der Waals surface area contributed by atoms with Crippen molar-refractivity contribution in [2.75, 3.05) is 0 Å². The fourth-order valence-electron chi connectivity index (χ4n) is 0.900. The SMILES string of the molecule is C#CC(C)(C)NC(=O)c1cc(Cl)nnc1Cl. The predicted molar refractivity (Wildman–Crippen MR) is 62.4 cm³/mol. The molecule has 0 aliphatic rings. The Morgan fingerprint density at radius 2 is 2.12 bits per heavy atom. The molecule has 0 saturated carbocycles. The van der Waals surface area contributed by atoms with Gasteiger partial charge in [-0.25, -0.2) is 0 Å². The molecule has 0 aromatic carbocycles. The smallest absolute Gasteiger partial charge is 0.255 e. The largest absolute Gasteiger partial charge is 0.336 e. The van der Waals surface area contributed by atoms with Crippen molar-refractivity contribution >= 4 is 29.1 Å². The quantitative estimate of drug-likeness (QED) is 0.824. The van der Waals surface area contributed by atoms with Gasteiger partial charge in [0.15, 0.2) is 10.3 Å². The number of rotatable bonds is 2. The minimum absolute atomic E-state index is 0.0188. The van der Waals surface area contributed by atoms with Crippen LogP contribution in [0.3, 0.4) is 0 Å². The van der Waals surface area contributed by atoms with Crippen molar-refractivity contribution in [3.8, 4) is 12.3 Å². The number of aromatic nitrogens is 2. The molecule has 1 amide bonds. The molecule has 0 unspecified atom stereocenters. The number of carbonyl (C=O) groups is 1. The molecule has 1 N–H and O–H groups in total. The third-order valence-corrected chi connectivity index (χ3v) is 2.21. The second-order valence-electron chi connectivity index (χ2n) is 3.60. The molecular formula is C10H9Cl2N3O. The molecule has 0 spiro atoms. The second-order valence-corrected chi connectivity index (χ2v) is 4.34. The van der Waals surface area contributed by atoms with E-state index in [0.717, 1.165) is 0 Å². The van der Waals surface area contributed by atoms with E-state index in [4.69, 9.17) is 29.6 Å². The number of terminal acetylenes is 1. The van der Waals surface area contributed by atoms with Crippen LogP contribution in [0.15, 0.2) is 6.07 Å². The van der Waals surface area contributed by atoms with Gasteiger partial charge in [0.05, 0.1) is 11.1 Å². The van der Waals surface area contributed by atoms with Gasteiger partial charge >= 0.3 is 0 Å². The zero-order valence-corrected chi connectivity index (χ0v) is 10.2. The van der Waals surface area contributed by atoms with Gasteiger partial charge in [-0.15, -0.1) is 16.6 Å². The van der Waals surface area contributed by atoms with Gasteiger partial charge in [-0.05, 0) is 19.9 Å². The predicted octanol–water partition coefficient (Wildman–Crippen LogP) is 1.93. The van der Waals surface area contributed by atoms with Gasteiger partial charge in [-0.3, -0.25) is 4.79 Å². The second kappa shape index (κ2) is 4.69. The lowest BCUT2D eigenvalue weighted by molar-refractivity contribution is 0.0929. The van der Waals surface area contributed by atoms with Crippen molar-refractivity contribution in [3.63, 3.8) is 0 Å². The summed E-state index contributed by atoms with van der Waals surface area (Å²) in [5.74, 6) is 1.99. The lowest BCUT2D eigenvalue weighted by Crippen LogP contribution is -2.42. The average Bonchev–Trinajstić information content (AvgIpc) is 2.21. The molecule has 0 aliphatic carbocycles. The number of halogens is 2. The molecular weight excluding hydrogens is 249 g/mol. The monoisotopic (exact) mass is 257 g/mol. The average molecular weight is 258 g/mol. The lowest BCUT2D eigenvalue weighted by Gasteiger charge is -2.19. The maximum absolute atomic E-state index is 11.8. The van der Waals surface area contributed by atoms with E-state index in [0.29, 0.717) is 0 Å². The maximum Gasteiger partial charge on any atom is 0.255 e. The van der Waals surface area contributed by atoms with Gasteiger partial charge in [0, 0.05) is 0 Å². The topological polar surface area (TPSA) is 54.9 Å². The van der Waals surface area contributed by atoms with Crippen LogP contribution in [0.4, 0.5) is 0 Å². The molecule has 0 saturated heterocycles. The summed E-state index contributed by atoms with van der Waals surface area (Å²) in [4.78, 5) is 11.8. The molecule has 0 radical (unpaired) electrons. The highest BCUT2D eigenvalue weighted by molar-refractivity contribution is 6.34. The number of nitrogens with zero attached hydrogens (tertiary/aromatic N) is 2. The fourth-order valence-corrected chi connectivity index (χ4v) is 1.22. The number of hydrogen-bond acceptors (Lipinski definition) is 3. The van der Waals surface area contributed by atoms with Gasteiger partial charge in [0.1, 0.15) is 0 Å². The molecule has 0 aliphatic heterocycles. The van der Waals surface area contributed by atoms with Crippen molar-refractivity contribution < 1.29 is 4.79 Å². The molecule has 16 heavy (non-hydrogen) atoms. The first-order valence-corrected chi connectivity index (χ1v) is 5.10. The minimum Gasteiger partial charge on any atom is -0.336 e. The number of nitrogens with one attached hydrogen (secondary N) is 1. The van der Waals surface area contributed by atoms with Gasteiger partial charge in [0.25, 0.3) is 5.91 Å². The van der Waals surface area contributed by atoms with Crippen LogP contribution in [0.2, 0.25) is 10.3 Å². The van der Waals surface area contributed by atoms with Crippen LogP contribution < -0.4 is 5.32 Å². The molecule has 1 rings (SSSR count). The summed E-state index contributed by atoms with van der Waals surface area (Å²) in [6.07, 6.45) is 5.25. The summed E-state index contributed by atoms with van der Waals surface area (Å²) in [5, 5.41) is 9.70. The summed E-state index contributed by atoms with van der Waals surface area (Å²) in [7, 11) is 0. The summed E-state index contributed by atoms with van der Waals surface area (Å²) < 4.78 is 0. The van der Waals surface area contributed by atoms with Crippen molar-refractivity contribution in [1.29, 1.82) is 0 Å². The first-order valence-electron chi connectivity index (χ1n) is 4.35. The van der Waals surface area contributed by atoms with Gasteiger partial charge < -0.3 is 5.32 Å². The maximum atomic E-state index is 11.8. The van der Waals surface area contributed by atoms with Crippen LogP contribution in [0.25, 0.3) is 0 Å². The van der Waals surface area contributed by atoms with Crippen LogP contribution in [0.1, 0.15) is 24.2 Å². The van der Waals surface area contributed by atoms with Gasteiger partial charge in [-0.2, -0.15) is 0 Å². The van der Waals surface area contributed by atoms with E-state index in [9.17, 15) is 4.79 Å². The zero-order valence-electron chi connectivity index (χ0n) is 8.71. The highest BCUT2D eigenvalue weighted by Crippen LogP contribution is 2.16. The van der Waals surface area contributed by atoms with E-state index in [-0.39, 0.29) is 15.9 Å². The van der Waals surface area contributed by atoms with Crippen LogP contribution in [-0.2, 0) is 0 Å². The molecule has 0 fully saturated rings. The van der Waals surface area contributed by atoms with Crippen molar-refractivity contribution in [2.24, 2.45) is 0 Å². The van der Waals surface area contributed by atoms with Crippen molar-refractivity contribution in [1.82, 2.24) is 15.5 Å². The summed E-state index contributed by atoms with van der Waals surface area (Å²) >= 11 is 11.3. The van der Waals surface area contributed by atoms with Crippen LogP contribution in [0, 0.1) is 12.3 Å². The third kappa shape index (κ3) is 3.09. The first kappa shape index (κ1) is 12.8. The van der Waals surface area contributed by atoms with E-state index < -0.39 is 11.4 Å². The molecule has 1 aromatic rings. The Bertz CT molecular complexity index is 466. The fraction of sp³-hybridized carbons (Fsp3) is 0.300. The normalized spacial score (nSPS) is 10.7. The molecule has 0 atom stereocenters. The standard InChI is InChI=1S/C10H9Cl2N3O/c1-4-10(2,3)13-9(16)6-5-7(11)14-15-8(6)12/h1,5H,2-3H3,(H,13,16). The molecule has 1 heterocycles. The number of carbonyl (C=O) groups excluding carboxylic acids is 1. The molecule has 0 bridgehead atoms. The summed E-state index contributed by atoms with van der Waals surface area (Å²) in [6.45, 7) is 3.38. The van der Waals surface area contributed by atoms with Crippen LogP contribution in [0.5, 0.6) is 0 Å². The zero-order chi connectivity index (χ0) is 12.3. The Morgan fingerprint density at radius 1 is 1.50 bits per heavy atom. The summed E-state index contributed by atoms with van der Waals surface area (Å²) in [5.41, 5.74) is -0.624. The number of hydrogen-bond donors (Lipinski definition) is 1. The first-order chi connectivity index (χ1) is 7.35. The van der Waals surface area contributed by atoms with Gasteiger partial charge in [-0.1, -0.05) is 29.1 Å². The van der Waals surface area contributed by atoms with E-state index >= 15 is 0 Å². The third-order valence-electron chi connectivity index (χ3n) is 1.75. The Hall–Kier alpha value is -1.31. The van der Waals surface area contributed by atoms with Crippen LogP contribution >= 0.6 is 23.2 Å². The number of amides is 1. The molecule has 6 heteroatoms. The Morgan fingerprint density at radius 3 is 2.69 bits per heavy atom. The van der Waals surface area contributed by atoms with Crippen molar-refractivity contribution in [3.05, 3.63) is 21.9 Å². The van der Waals surface area contributed by atoms with E-state index in [1.807, 2.05) is 0 Å². The Labute approximate surface area is 103 Å². The van der Waals surface area contributed by atoms with E-state index in [1.54, 1.807) is 13.8 Å². The highest BCUT2D eigenvalue weighted by Gasteiger charge is 2.20. The lowest BCUT2D eigenvalue weighted by atomic mass is 10.1. The molecule has 4 nitrogen and oxygen atoms in total. The minimum atomic E-state index is -0.768. The summed E-state index contributed by atoms with van der Waals surface area (Å²) in [6, 6.07) is 1.33.